The third-order valence-corrected chi connectivity index (χ3v) is 3.48. The maximum Gasteiger partial charge on any atom is 0.173 e. The molecule has 0 amide bonds. The minimum absolute atomic E-state index is 0.102. The van der Waals surface area contributed by atoms with Crippen molar-refractivity contribution in [2.45, 2.75) is 18.9 Å². The lowest BCUT2D eigenvalue weighted by atomic mass is 10.0. The van der Waals surface area contributed by atoms with Crippen molar-refractivity contribution in [1.82, 2.24) is 5.43 Å². The lowest BCUT2D eigenvalue weighted by molar-refractivity contribution is 0.472. The Morgan fingerprint density at radius 1 is 1.40 bits per heavy atom. The van der Waals surface area contributed by atoms with E-state index in [-0.39, 0.29) is 10.5 Å². The standard InChI is InChI=1S/C10H11BrF2N2/c11-8-6(3-4-7(12)9(8)13)10(15-14)5-1-2-5/h3-5,10,15H,1-2,14H2. The van der Waals surface area contributed by atoms with E-state index in [1.807, 2.05) is 0 Å². The fraction of sp³-hybridized carbons (Fsp3) is 0.400. The molecule has 1 unspecified atom stereocenters. The minimum Gasteiger partial charge on any atom is -0.271 e. The maximum absolute atomic E-state index is 13.3. The fourth-order valence-electron chi connectivity index (χ4n) is 1.69. The number of nitrogens with two attached hydrogens (primary N) is 1. The monoisotopic (exact) mass is 276 g/mol. The van der Waals surface area contributed by atoms with Crippen LogP contribution in [0.4, 0.5) is 8.78 Å². The molecule has 0 bridgehead atoms. The third-order valence-electron chi connectivity index (χ3n) is 2.67. The molecule has 0 spiro atoms. The Bertz CT molecular complexity index is 380. The molecule has 82 valence electrons. The summed E-state index contributed by atoms with van der Waals surface area (Å²) in [7, 11) is 0. The van der Waals surface area contributed by atoms with E-state index in [1.165, 1.54) is 0 Å². The summed E-state index contributed by atoms with van der Waals surface area (Å²) in [5.41, 5.74) is 3.33. The summed E-state index contributed by atoms with van der Waals surface area (Å²) < 4.78 is 26.3. The van der Waals surface area contributed by atoms with Crippen molar-refractivity contribution in [2.24, 2.45) is 11.8 Å². The van der Waals surface area contributed by atoms with Crippen LogP contribution in [-0.4, -0.2) is 0 Å². The lowest BCUT2D eigenvalue weighted by Gasteiger charge is -2.17. The molecule has 15 heavy (non-hydrogen) atoms. The summed E-state index contributed by atoms with van der Waals surface area (Å²) in [6, 6.07) is 2.59. The number of benzene rings is 1. The van der Waals surface area contributed by atoms with Crippen molar-refractivity contribution in [3.05, 3.63) is 33.8 Å². The second-order valence-electron chi connectivity index (χ2n) is 3.75. The zero-order chi connectivity index (χ0) is 11.0. The number of hydrazine groups is 1. The van der Waals surface area contributed by atoms with E-state index in [2.05, 4.69) is 21.4 Å². The minimum atomic E-state index is -0.853. The van der Waals surface area contributed by atoms with E-state index < -0.39 is 11.6 Å². The quantitative estimate of drug-likeness (QED) is 0.506. The zero-order valence-electron chi connectivity index (χ0n) is 7.93. The van der Waals surface area contributed by atoms with E-state index in [1.54, 1.807) is 6.07 Å². The summed E-state index contributed by atoms with van der Waals surface area (Å²) in [4.78, 5) is 0. The van der Waals surface area contributed by atoms with Crippen molar-refractivity contribution in [3.8, 4) is 0 Å². The molecule has 0 aliphatic heterocycles. The lowest BCUT2D eigenvalue weighted by Crippen LogP contribution is -2.29. The molecule has 3 N–H and O–H groups in total. The van der Waals surface area contributed by atoms with Crippen LogP contribution in [0.25, 0.3) is 0 Å². The highest BCUT2D eigenvalue weighted by molar-refractivity contribution is 9.10. The Balaban J connectivity index is 2.38. The van der Waals surface area contributed by atoms with Gasteiger partial charge < -0.3 is 0 Å². The van der Waals surface area contributed by atoms with Crippen molar-refractivity contribution in [3.63, 3.8) is 0 Å². The highest BCUT2D eigenvalue weighted by Gasteiger charge is 2.33. The predicted octanol–water partition coefficient (Wildman–Crippen LogP) is 2.64. The highest BCUT2D eigenvalue weighted by atomic mass is 79.9. The molecule has 1 aliphatic rings. The van der Waals surface area contributed by atoms with Crippen LogP contribution in [0.5, 0.6) is 0 Å². The number of rotatable bonds is 3. The fourth-order valence-corrected chi connectivity index (χ4v) is 2.26. The van der Waals surface area contributed by atoms with Gasteiger partial charge in [-0.2, -0.15) is 0 Å². The van der Waals surface area contributed by atoms with Crippen LogP contribution in [0.1, 0.15) is 24.4 Å². The molecule has 1 aromatic carbocycles. The van der Waals surface area contributed by atoms with Gasteiger partial charge in [-0.1, -0.05) is 6.07 Å². The summed E-state index contributed by atoms with van der Waals surface area (Å²) in [5, 5.41) is 0. The molecule has 0 aromatic heterocycles. The molecule has 1 fully saturated rings. The van der Waals surface area contributed by atoms with Crippen LogP contribution in [-0.2, 0) is 0 Å². The van der Waals surface area contributed by atoms with Crippen LogP contribution >= 0.6 is 15.9 Å². The predicted molar refractivity (Wildman–Crippen MR) is 56.8 cm³/mol. The van der Waals surface area contributed by atoms with Crippen molar-refractivity contribution in [1.29, 1.82) is 0 Å². The molecule has 1 saturated carbocycles. The van der Waals surface area contributed by atoms with Gasteiger partial charge in [0.25, 0.3) is 0 Å². The maximum atomic E-state index is 13.3. The molecule has 0 heterocycles. The molecule has 2 nitrogen and oxygen atoms in total. The van der Waals surface area contributed by atoms with Crippen molar-refractivity contribution in [2.75, 3.05) is 0 Å². The van der Waals surface area contributed by atoms with Gasteiger partial charge in [0.2, 0.25) is 0 Å². The normalized spacial score (nSPS) is 17.9. The molecule has 1 aromatic rings. The van der Waals surface area contributed by atoms with Gasteiger partial charge in [-0.15, -0.1) is 0 Å². The Morgan fingerprint density at radius 3 is 2.60 bits per heavy atom. The zero-order valence-corrected chi connectivity index (χ0v) is 9.52. The molecular formula is C10H11BrF2N2. The van der Waals surface area contributed by atoms with E-state index in [0.717, 1.165) is 18.9 Å². The first-order chi connectivity index (χ1) is 7.15. The first-order valence-corrected chi connectivity index (χ1v) is 5.54. The van der Waals surface area contributed by atoms with E-state index >= 15 is 0 Å². The van der Waals surface area contributed by atoms with Gasteiger partial charge in [0.05, 0.1) is 4.47 Å². The molecule has 1 atom stereocenters. The van der Waals surface area contributed by atoms with Crippen LogP contribution < -0.4 is 11.3 Å². The number of nitrogens with one attached hydrogen (secondary N) is 1. The Labute approximate surface area is 94.9 Å². The van der Waals surface area contributed by atoms with Crippen molar-refractivity contribution < 1.29 is 8.78 Å². The summed E-state index contributed by atoms with van der Waals surface area (Å²) >= 11 is 3.06. The van der Waals surface area contributed by atoms with E-state index in [4.69, 9.17) is 5.84 Å². The van der Waals surface area contributed by atoms with Crippen LogP contribution in [0.15, 0.2) is 16.6 Å². The van der Waals surface area contributed by atoms with Gasteiger partial charge in [-0.25, -0.2) is 8.78 Å². The van der Waals surface area contributed by atoms with Gasteiger partial charge in [-0.3, -0.25) is 11.3 Å². The molecule has 0 radical (unpaired) electrons. The van der Waals surface area contributed by atoms with Crippen molar-refractivity contribution >= 4 is 15.9 Å². The number of hydrogen-bond acceptors (Lipinski definition) is 2. The topological polar surface area (TPSA) is 38.0 Å². The second-order valence-corrected chi connectivity index (χ2v) is 4.54. The Hall–Kier alpha value is -0.520. The molecule has 0 saturated heterocycles. The van der Waals surface area contributed by atoms with Crippen LogP contribution in [0.3, 0.4) is 0 Å². The molecule has 5 heteroatoms. The average molecular weight is 277 g/mol. The largest absolute Gasteiger partial charge is 0.271 e. The van der Waals surface area contributed by atoms with Gasteiger partial charge in [-0.05, 0) is 46.3 Å². The van der Waals surface area contributed by atoms with Gasteiger partial charge in [0, 0.05) is 6.04 Å². The van der Waals surface area contributed by atoms with Gasteiger partial charge >= 0.3 is 0 Å². The summed E-state index contributed by atoms with van der Waals surface area (Å²) in [6.45, 7) is 0. The number of hydrogen-bond donors (Lipinski definition) is 2. The molecule has 2 rings (SSSR count). The highest BCUT2D eigenvalue weighted by Crippen LogP contribution is 2.43. The summed E-state index contributed by atoms with van der Waals surface area (Å²) in [6.07, 6.45) is 2.14. The first-order valence-electron chi connectivity index (χ1n) is 4.74. The first kappa shape index (κ1) is 11.0. The third kappa shape index (κ3) is 2.04. The molecular weight excluding hydrogens is 266 g/mol. The van der Waals surface area contributed by atoms with Crippen LogP contribution in [0.2, 0.25) is 0 Å². The number of halogens is 3. The smallest absolute Gasteiger partial charge is 0.173 e. The van der Waals surface area contributed by atoms with Gasteiger partial charge in [0.1, 0.15) is 0 Å². The van der Waals surface area contributed by atoms with Crippen LogP contribution in [0, 0.1) is 17.6 Å². The van der Waals surface area contributed by atoms with Gasteiger partial charge in [0.15, 0.2) is 11.6 Å². The molecule has 1 aliphatic carbocycles. The Morgan fingerprint density at radius 2 is 2.07 bits per heavy atom. The van der Waals surface area contributed by atoms with E-state index in [0.29, 0.717) is 11.5 Å². The Kier molecular flexibility index (Phi) is 3.04. The summed E-state index contributed by atoms with van der Waals surface area (Å²) in [5.74, 6) is 4.14. The average Bonchev–Trinajstić information content (AvgIpc) is 3.03. The SMILES string of the molecule is NNC(c1ccc(F)c(F)c1Br)C1CC1. The van der Waals surface area contributed by atoms with E-state index in [9.17, 15) is 8.78 Å². The second kappa shape index (κ2) is 4.15.